The lowest BCUT2D eigenvalue weighted by Crippen LogP contribution is -2.28. The molecule has 2 rings (SSSR count). The number of carbonyl (C=O) groups excluding carboxylic acids is 1. The van der Waals surface area contributed by atoms with Gasteiger partial charge in [-0.15, -0.1) is 0 Å². The Labute approximate surface area is 151 Å². The third kappa shape index (κ3) is 5.31. The number of hydrogen-bond acceptors (Lipinski definition) is 3. The van der Waals surface area contributed by atoms with Gasteiger partial charge in [-0.1, -0.05) is 18.2 Å². The summed E-state index contributed by atoms with van der Waals surface area (Å²) in [5.41, 5.74) is 0.272. The van der Waals surface area contributed by atoms with Crippen LogP contribution in [0.1, 0.15) is 32.3 Å². The van der Waals surface area contributed by atoms with Gasteiger partial charge in [-0.2, -0.15) is 0 Å². The molecule has 5 nitrogen and oxygen atoms in total. The summed E-state index contributed by atoms with van der Waals surface area (Å²) in [6.45, 7) is 3.56. The number of nitrogens with one attached hydrogen (secondary N) is 1. The van der Waals surface area contributed by atoms with Crippen LogP contribution in [-0.4, -0.2) is 23.6 Å². The summed E-state index contributed by atoms with van der Waals surface area (Å²) in [6, 6.07) is 12.6. The molecule has 2 aromatic rings. The zero-order valence-electron chi connectivity index (χ0n) is 14.8. The van der Waals surface area contributed by atoms with Crippen LogP contribution in [0, 0.1) is 5.82 Å². The minimum absolute atomic E-state index is 0.168. The van der Waals surface area contributed by atoms with E-state index >= 15 is 0 Å². The Morgan fingerprint density at radius 2 is 1.85 bits per heavy atom. The van der Waals surface area contributed by atoms with Crippen molar-refractivity contribution in [3.05, 3.63) is 59.9 Å². The fourth-order valence-electron chi connectivity index (χ4n) is 2.30. The van der Waals surface area contributed by atoms with Gasteiger partial charge in [-0.3, -0.25) is 9.59 Å². The van der Waals surface area contributed by atoms with E-state index < -0.39 is 11.4 Å². The summed E-state index contributed by atoms with van der Waals surface area (Å²) in [7, 11) is 0. The molecule has 0 saturated carbocycles. The Morgan fingerprint density at radius 1 is 1.15 bits per heavy atom. The van der Waals surface area contributed by atoms with Crippen LogP contribution in [0.2, 0.25) is 0 Å². The Morgan fingerprint density at radius 3 is 2.46 bits per heavy atom. The standard InChI is InChI=1S/C20H22FNO4/c1-20(2,19(24)25)14-8-10-16(11-9-14)22-18(23)7-4-12-26-17-6-3-5-15(21)13-17/h3,5-6,8-11,13H,4,7,12H2,1-2H3,(H,22,23)(H,24,25). The third-order valence-electron chi connectivity index (χ3n) is 4.04. The molecule has 0 fully saturated rings. The number of carboxylic acids is 1. The molecule has 138 valence electrons. The second-order valence-electron chi connectivity index (χ2n) is 6.47. The lowest BCUT2D eigenvalue weighted by molar-refractivity contribution is -0.142. The Hall–Kier alpha value is -2.89. The monoisotopic (exact) mass is 359 g/mol. The predicted molar refractivity (Wildman–Crippen MR) is 96.9 cm³/mol. The van der Waals surface area contributed by atoms with Crippen molar-refractivity contribution in [3.8, 4) is 5.75 Å². The molecule has 0 unspecified atom stereocenters. The van der Waals surface area contributed by atoms with Gasteiger partial charge in [0, 0.05) is 18.2 Å². The van der Waals surface area contributed by atoms with Gasteiger partial charge in [0.05, 0.1) is 12.0 Å². The van der Waals surface area contributed by atoms with Gasteiger partial charge in [0.15, 0.2) is 0 Å². The molecule has 0 bridgehead atoms. The van der Waals surface area contributed by atoms with Crippen LogP contribution in [0.4, 0.5) is 10.1 Å². The highest BCUT2D eigenvalue weighted by Gasteiger charge is 2.29. The average molecular weight is 359 g/mol. The number of rotatable bonds is 8. The molecule has 6 heteroatoms. The summed E-state index contributed by atoms with van der Waals surface area (Å²) < 4.78 is 18.4. The average Bonchev–Trinajstić information content (AvgIpc) is 2.59. The van der Waals surface area contributed by atoms with Crippen molar-refractivity contribution in [3.63, 3.8) is 0 Å². The van der Waals surface area contributed by atoms with Crippen molar-refractivity contribution in [1.82, 2.24) is 0 Å². The highest BCUT2D eigenvalue weighted by atomic mass is 19.1. The van der Waals surface area contributed by atoms with Crippen LogP contribution in [0.5, 0.6) is 5.75 Å². The van der Waals surface area contributed by atoms with Gasteiger partial charge in [0.1, 0.15) is 11.6 Å². The maximum absolute atomic E-state index is 13.0. The first-order chi connectivity index (χ1) is 12.3. The summed E-state index contributed by atoms with van der Waals surface area (Å²) >= 11 is 0. The molecule has 0 aliphatic carbocycles. The normalized spacial score (nSPS) is 11.0. The zero-order valence-corrected chi connectivity index (χ0v) is 14.8. The van der Waals surface area contributed by atoms with Crippen LogP contribution in [0.25, 0.3) is 0 Å². The molecule has 0 aromatic heterocycles. The fraction of sp³-hybridized carbons (Fsp3) is 0.300. The van der Waals surface area contributed by atoms with E-state index in [9.17, 15) is 19.1 Å². The summed E-state index contributed by atoms with van der Waals surface area (Å²) in [4.78, 5) is 23.2. The molecule has 2 N–H and O–H groups in total. The molecule has 0 atom stereocenters. The molecule has 1 amide bonds. The Bertz CT molecular complexity index is 772. The second-order valence-corrected chi connectivity index (χ2v) is 6.47. The van der Waals surface area contributed by atoms with E-state index in [1.54, 1.807) is 50.2 Å². The van der Waals surface area contributed by atoms with Gasteiger partial charge in [0.2, 0.25) is 5.91 Å². The number of aliphatic carboxylic acids is 1. The SMILES string of the molecule is CC(C)(C(=O)O)c1ccc(NC(=O)CCCOc2cccc(F)c2)cc1. The summed E-state index contributed by atoms with van der Waals surface area (Å²) in [5.74, 6) is -1.01. The van der Waals surface area contributed by atoms with Crippen LogP contribution in [-0.2, 0) is 15.0 Å². The molecule has 26 heavy (non-hydrogen) atoms. The largest absolute Gasteiger partial charge is 0.493 e. The first-order valence-corrected chi connectivity index (χ1v) is 8.31. The van der Waals surface area contributed by atoms with E-state index in [0.717, 1.165) is 0 Å². The minimum Gasteiger partial charge on any atom is -0.493 e. The van der Waals surface area contributed by atoms with E-state index in [-0.39, 0.29) is 18.1 Å². The van der Waals surface area contributed by atoms with E-state index in [0.29, 0.717) is 30.0 Å². The van der Waals surface area contributed by atoms with E-state index in [2.05, 4.69) is 5.32 Å². The number of anilines is 1. The van der Waals surface area contributed by atoms with Crippen molar-refractivity contribution >= 4 is 17.6 Å². The maximum Gasteiger partial charge on any atom is 0.313 e. The van der Waals surface area contributed by atoms with Crippen LogP contribution < -0.4 is 10.1 Å². The predicted octanol–water partition coefficient (Wildman–Crippen LogP) is 3.99. The number of halogens is 1. The van der Waals surface area contributed by atoms with Crippen molar-refractivity contribution in [1.29, 1.82) is 0 Å². The van der Waals surface area contributed by atoms with E-state index in [4.69, 9.17) is 4.74 Å². The van der Waals surface area contributed by atoms with Gasteiger partial charge < -0.3 is 15.2 Å². The van der Waals surface area contributed by atoms with Crippen molar-refractivity contribution in [2.24, 2.45) is 0 Å². The lowest BCUT2D eigenvalue weighted by Gasteiger charge is -2.19. The molecule has 0 heterocycles. The van der Waals surface area contributed by atoms with E-state index in [1.165, 1.54) is 12.1 Å². The van der Waals surface area contributed by atoms with Gasteiger partial charge >= 0.3 is 5.97 Å². The molecular formula is C20H22FNO4. The van der Waals surface area contributed by atoms with Gasteiger partial charge in [0.25, 0.3) is 0 Å². The van der Waals surface area contributed by atoms with Crippen molar-refractivity contribution < 1.29 is 23.8 Å². The van der Waals surface area contributed by atoms with Crippen molar-refractivity contribution in [2.45, 2.75) is 32.1 Å². The van der Waals surface area contributed by atoms with Crippen LogP contribution >= 0.6 is 0 Å². The maximum atomic E-state index is 13.0. The first-order valence-electron chi connectivity index (χ1n) is 8.31. The molecule has 0 saturated heterocycles. The molecule has 0 aliphatic heterocycles. The molecule has 0 radical (unpaired) electrons. The number of amides is 1. The molecular weight excluding hydrogens is 337 g/mol. The smallest absolute Gasteiger partial charge is 0.313 e. The quantitative estimate of drug-likeness (QED) is 0.699. The number of carbonyl (C=O) groups is 2. The topological polar surface area (TPSA) is 75.6 Å². The highest BCUT2D eigenvalue weighted by Crippen LogP contribution is 2.24. The van der Waals surface area contributed by atoms with Crippen LogP contribution in [0.15, 0.2) is 48.5 Å². The number of hydrogen-bond donors (Lipinski definition) is 2. The summed E-state index contributed by atoms with van der Waals surface area (Å²) in [6.07, 6.45) is 0.754. The zero-order chi connectivity index (χ0) is 19.2. The molecule has 2 aromatic carbocycles. The summed E-state index contributed by atoms with van der Waals surface area (Å²) in [5, 5.41) is 12.0. The Balaban J connectivity index is 1.78. The fourth-order valence-corrected chi connectivity index (χ4v) is 2.30. The first kappa shape index (κ1) is 19.4. The minimum atomic E-state index is -0.989. The number of ether oxygens (including phenoxy) is 1. The molecule has 0 aliphatic rings. The number of benzene rings is 2. The highest BCUT2D eigenvalue weighted by molar-refractivity contribution is 5.90. The van der Waals surface area contributed by atoms with Crippen LogP contribution in [0.3, 0.4) is 0 Å². The third-order valence-corrected chi connectivity index (χ3v) is 4.04. The van der Waals surface area contributed by atoms with E-state index in [1.807, 2.05) is 0 Å². The second kappa shape index (κ2) is 8.47. The van der Waals surface area contributed by atoms with Crippen molar-refractivity contribution in [2.75, 3.05) is 11.9 Å². The Kier molecular flexibility index (Phi) is 6.33. The lowest BCUT2D eigenvalue weighted by atomic mass is 9.85. The van der Waals surface area contributed by atoms with Gasteiger partial charge in [-0.25, -0.2) is 4.39 Å². The number of carboxylic acid groups (broad SMARTS) is 1. The molecule has 0 spiro atoms. The van der Waals surface area contributed by atoms with Gasteiger partial charge in [-0.05, 0) is 50.1 Å².